The second-order valence-electron chi connectivity index (χ2n) is 6.39. The summed E-state index contributed by atoms with van der Waals surface area (Å²) < 4.78 is 0. The SMILES string of the molecule is CC1CCCCC1.CCN(C)C1CCC(N)CC1. The van der Waals surface area contributed by atoms with Gasteiger partial charge >= 0.3 is 0 Å². The smallest absolute Gasteiger partial charge is 0.00932 e. The third-order valence-electron chi connectivity index (χ3n) is 4.76. The zero-order chi connectivity index (χ0) is 13.4. The minimum absolute atomic E-state index is 0.483. The lowest BCUT2D eigenvalue weighted by Gasteiger charge is -2.32. The molecule has 2 aliphatic carbocycles. The Balaban J connectivity index is 0.000000199. The zero-order valence-electron chi connectivity index (χ0n) is 12.8. The minimum Gasteiger partial charge on any atom is -0.328 e. The topological polar surface area (TPSA) is 29.3 Å². The maximum atomic E-state index is 5.82. The summed E-state index contributed by atoms with van der Waals surface area (Å²) in [6, 6.07) is 1.29. The average Bonchev–Trinajstić information content (AvgIpc) is 2.40. The molecule has 2 N–H and O–H groups in total. The number of rotatable bonds is 2. The molecule has 0 aromatic heterocycles. The van der Waals surface area contributed by atoms with Crippen LogP contribution in [0.3, 0.4) is 0 Å². The standard InChI is InChI=1S/C9H20N2.C7H14/c1-3-11(2)9-6-4-8(10)5-7-9;1-7-5-3-2-4-6-7/h8-9H,3-7,10H2,1-2H3;7H,2-6H2,1H3. The molecule has 2 nitrogen and oxygen atoms in total. The number of hydrogen-bond donors (Lipinski definition) is 1. The van der Waals surface area contributed by atoms with E-state index in [0.717, 1.165) is 12.0 Å². The normalized spacial score (nSPS) is 29.8. The fourth-order valence-corrected chi connectivity index (χ4v) is 3.11. The van der Waals surface area contributed by atoms with Crippen molar-refractivity contribution in [2.45, 2.75) is 83.7 Å². The van der Waals surface area contributed by atoms with Crippen molar-refractivity contribution in [2.24, 2.45) is 11.7 Å². The van der Waals surface area contributed by atoms with Gasteiger partial charge < -0.3 is 10.6 Å². The average molecular weight is 254 g/mol. The predicted octanol–water partition coefficient (Wildman–Crippen LogP) is 3.79. The molecular weight excluding hydrogens is 220 g/mol. The Hall–Kier alpha value is -0.0800. The van der Waals surface area contributed by atoms with E-state index in [0.29, 0.717) is 6.04 Å². The number of nitrogens with two attached hydrogens (primary N) is 1. The van der Waals surface area contributed by atoms with E-state index in [1.54, 1.807) is 0 Å². The highest BCUT2D eigenvalue weighted by Gasteiger charge is 2.20. The highest BCUT2D eigenvalue weighted by molar-refractivity contribution is 4.79. The van der Waals surface area contributed by atoms with E-state index in [9.17, 15) is 0 Å². The van der Waals surface area contributed by atoms with E-state index in [4.69, 9.17) is 5.73 Å². The fraction of sp³-hybridized carbons (Fsp3) is 1.00. The van der Waals surface area contributed by atoms with Crippen LogP contribution in [-0.2, 0) is 0 Å². The van der Waals surface area contributed by atoms with E-state index in [1.165, 1.54) is 64.3 Å². The Morgan fingerprint density at radius 1 is 0.944 bits per heavy atom. The maximum absolute atomic E-state index is 5.82. The highest BCUT2D eigenvalue weighted by atomic mass is 15.1. The van der Waals surface area contributed by atoms with E-state index >= 15 is 0 Å². The molecule has 0 aromatic rings. The van der Waals surface area contributed by atoms with Crippen LogP contribution in [0.1, 0.15) is 71.6 Å². The minimum atomic E-state index is 0.483. The summed E-state index contributed by atoms with van der Waals surface area (Å²) in [7, 11) is 2.21. The van der Waals surface area contributed by atoms with Crippen molar-refractivity contribution < 1.29 is 0 Å². The first kappa shape index (κ1) is 16.0. The molecule has 0 radical (unpaired) electrons. The Labute approximate surface area is 114 Å². The molecule has 0 heterocycles. The first-order valence-electron chi connectivity index (χ1n) is 8.09. The second-order valence-corrected chi connectivity index (χ2v) is 6.39. The van der Waals surface area contributed by atoms with Crippen LogP contribution in [0.4, 0.5) is 0 Å². The monoisotopic (exact) mass is 254 g/mol. The van der Waals surface area contributed by atoms with Gasteiger partial charge in [0.15, 0.2) is 0 Å². The first-order chi connectivity index (χ1) is 8.63. The Morgan fingerprint density at radius 3 is 1.89 bits per heavy atom. The van der Waals surface area contributed by atoms with Crippen LogP contribution in [-0.4, -0.2) is 30.6 Å². The second kappa shape index (κ2) is 8.92. The van der Waals surface area contributed by atoms with Crippen LogP contribution in [0.25, 0.3) is 0 Å². The quantitative estimate of drug-likeness (QED) is 0.812. The molecule has 2 rings (SSSR count). The zero-order valence-corrected chi connectivity index (χ0v) is 12.8. The Bertz CT molecular complexity index is 191. The molecule has 0 spiro atoms. The van der Waals surface area contributed by atoms with Crippen molar-refractivity contribution in [3.8, 4) is 0 Å². The van der Waals surface area contributed by atoms with Crippen LogP contribution in [0, 0.1) is 5.92 Å². The van der Waals surface area contributed by atoms with Gasteiger partial charge in [-0.15, -0.1) is 0 Å². The van der Waals surface area contributed by atoms with Crippen molar-refractivity contribution in [3.63, 3.8) is 0 Å². The van der Waals surface area contributed by atoms with Gasteiger partial charge in [0.05, 0.1) is 0 Å². The van der Waals surface area contributed by atoms with Gasteiger partial charge in [-0.05, 0) is 45.2 Å². The lowest BCUT2D eigenvalue weighted by Crippen LogP contribution is -2.38. The lowest BCUT2D eigenvalue weighted by molar-refractivity contribution is 0.191. The van der Waals surface area contributed by atoms with Crippen molar-refractivity contribution in [3.05, 3.63) is 0 Å². The van der Waals surface area contributed by atoms with Crippen LogP contribution in [0.15, 0.2) is 0 Å². The summed E-state index contributed by atoms with van der Waals surface area (Å²) in [4.78, 5) is 2.44. The Kier molecular flexibility index (Phi) is 7.92. The van der Waals surface area contributed by atoms with Gasteiger partial charge in [0.1, 0.15) is 0 Å². The third kappa shape index (κ3) is 6.19. The van der Waals surface area contributed by atoms with E-state index in [-0.39, 0.29) is 0 Å². The van der Waals surface area contributed by atoms with Gasteiger partial charge in [-0.25, -0.2) is 0 Å². The van der Waals surface area contributed by atoms with E-state index in [2.05, 4.69) is 25.8 Å². The molecule has 0 saturated heterocycles. The molecule has 2 heteroatoms. The van der Waals surface area contributed by atoms with Crippen LogP contribution < -0.4 is 5.73 Å². The predicted molar refractivity (Wildman–Crippen MR) is 80.8 cm³/mol. The molecular formula is C16H34N2. The summed E-state index contributed by atoms with van der Waals surface area (Å²) in [5, 5.41) is 0. The molecule has 0 amide bonds. The van der Waals surface area contributed by atoms with Gasteiger partial charge in [0, 0.05) is 12.1 Å². The molecule has 0 aliphatic heterocycles. The van der Waals surface area contributed by atoms with Gasteiger partial charge in [0.25, 0.3) is 0 Å². The first-order valence-corrected chi connectivity index (χ1v) is 8.09. The summed E-state index contributed by atoms with van der Waals surface area (Å²) in [6.45, 7) is 5.74. The lowest BCUT2D eigenvalue weighted by atomic mass is 9.91. The van der Waals surface area contributed by atoms with Crippen molar-refractivity contribution in [2.75, 3.05) is 13.6 Å². The summed E-state index contributed by atoms with van der Waals surface area (Å²) in [6.07, 6.45) is 12.5. The van der Waals surface area contributed by atoms with Crippen LogP contribution in [0.2, 0.25) is 0 Å². The molecule has 2 fully saturated rings. The summed E-state index contributed by atoms with van der Waals surface area (Å²) in [5.74, 6) is 1.04. The number of hydrogen-bond acceptors (Lipinski definition) is 2. The molecule has 2 saturated carbocycles. The van der Waals surface area contributed by atoms with E-state index in [1.807, 2.05) is 0 Å². The largest absolute Gasteiger partial charge is 0.328 e. The van der Waals surface area contributed by atoms with E-state index < -0.39 is 0 Å². The van der Waals surface area contributed by atoms with Gasteiger partial charge in [0.2, 0.25) is 0 Å². The molecule has 0 unspecified atom stereocenters. The van der Waals surface area contributed by atoms with Gasteiger partial charge in [-0.1, -0.05) is 46.0 Å². The summed E-state index contributed by atoms with van der Waals surface area (Å²) >= 11 is 0. The molecule has 0 bridgehead atoms. The van der Waals surface area contributed by atoms with Crippen molar-refractivity contribution in [1.29, 1.82) is 0 Å². The van der Waals surface area contributed by atoms with Crippen molar-refractivity contribution in [1.82, 2.24) is 4.90 Å². The highest BCUT2D eigenvalue weighted by Crippen LogP contribution is 2.22. The summed E-state index contributed by atoms with van der Waals surface area (Å²) in [5.41, 5.74) is 5.82. The molecule has 108 valence electrons. The molecule has 0 aromatic carbocycles. The van der Waals surface area contributed by atoms with Crippen LogP contribution >= 0.6 is 0 Å². The maximum Gasteiger partial charge on any atom is 0.00932 e. The molecule has 2 aliphatic rings. The third-order valence-corrected chi connectivity index (χ3v) is 4.76. The number of nitrogens with zero attached hydrogens (tertiary/aromatic N) is 1. The van der Waals surface area contributed by atoms with Gasteiger partial charge in [-0.2, -0.15) is 0 Å². The van der Waals surface area contributed by atoms with Crippen molar-refractivity contribution >= 4 is 0 Å². The molecule has 18 heavy (non-hydrogen) atoms. The Morgan fingerprint density at radius 2 is 1.50 bits per heavy atom. The fourth-order valence-electron chi connectivity index (χ4n) is 3.11. The van der Waals surface area contributed by atoms with Crippen LogP contribution in [0.5, 0.6) is 0 Å². The molecule has 0 atom stereocenters. The van der Waals surface area contributed by atoms with Gasteiger partial charge in [-0.3, -0.25) is 0 Å².